The summed E-state index contributed by atoms with van der Waals surface area (Å²) in [4.78, 5) is 24.3. The van der Waals surface area contributed by atoms with Crippen LogP contribution in [0.1, 0.15) is 24.8 Å². The Morgan fingerprint density at radius 2 is 1.92 bits per heavy atom. The van der Waals surface area contributed by atoms with Gasteiger partial charge in [0.1, 0.15) is 0 Å². The van der Waals surface area contributed by atoms with Crippen molar-refractivity contribution < 1.29 is 19.1 Å². The highest BCUT2D eigenvalue weighted by molar-refractivity contribution is 5.77. The summed E-state index contributed by atoms with van der Waals surface area (Å²) in [5.74, 6) is -0.869. The highest BCUT2D eigenvalue weighted by Crippen LogP contribution is 2.18. The first-order chi connectivity index (χ1) is 11.4. The molecule has 24 heavy (non-hydrogen) atoms. The van der Waals surface area contributed by atoms with Crippen LogP contribution in [0.25, 0.3) is 11.5 Å². The number of carboxylic acids is 1. The summed E-state index contributed by atoms with van der Waals surface area (Å²) in [5, 5.41) is 16.8. The largest absolute Gasteiger partial charge is 0.481 e. The monoisotopic (exact) mass is 331 g/mol. The summed E-state index contributed by atoms with van der Waals surface area (Å²) < 4.78 is 5.57. The molecule has 0 spiro atoms. The van der Waals surface area contributed by atoms with E-state index in [4.69, 9.17) is 9.52 Å². The van der Waals surface area contributed by atoms with Crippen LogP contribution in [0.3, 0.4) is 0 Å². The van der Waals surface area contributed by atoms with E-state index in [1.807, 2.05) is 31.2 Å². The highest BCUT2D eigenvalue weighted by atomic mass is 16.4. The van der Waals surface area contributed by atoms with Crippen molar-refractivity contribution in [2.75, 3.05) is 13.6 Å². The number of amides is 1. The Kier molecular flexibility index (Phi) is 5.68. The molecule has 0 fully saturated rings. The third-order valence-electron chi connectivity index (χ3n) is 3.71. The van der Waals surface area contributed by atoms with Crippen LogP contribution in [0.2, 0.25) is 0 Å². The van der Waals surface area contributed by atoms with E-state index in [2.05, 4.69) is 10.2 Å². The van der Waals surface area contributed by atoms with Crippen LogP contribution in [0.4, 0.5) is 0 Å². The molecular formula is C17H21N3O4. The van der Waals surface area contributed by atoms with Gasteiger partial charge < -0.3 is 14.4 Å². The minimum atomic E-state index is -0.922. The van der Waals surface area contributed by atoms with E-state index < -0.39 is 11.9 Å². The van der Waals surface area contributed by atoms with Crippen LogP contribution < -0.4 is 0 Å². The summed E-state index contributed by atoms with van der Waals surface area (Å²) in [6.07, 6.45) is 0.516. The van der Waals surface area contributed by atoms with Crippen molar-refractivity contribution in [2.24, 2.45) is 5.92 Å². The number of hydrogen-bond donors (Lipinski definition) is 1. The molecular weight excluding hydrogens is 310 g/mol. The van der Waals surface area contributed by atoms with Gasteiger partial charge >= 0.3 is 5.97 Å². The van der Waals surface area contributed by atoms with Gasteiger partial charge in [-0.25, -0.2) is 0 Å². The van der Waals surface area contributed by atoms with Gasteiger partial charge in [-0.05, 0) is 19.1 Å². The first-order valence-corrected chi connectivity index (χ1v) is 7.73. The number of carbonyl (C=O) groups excluding carboxylic acids is 1. The Hall–Kier alpha value is -2.70. The first-order valence-electron chi connectivity index (χ1n) is 7.73. The predicted octanol–water partition coefficient (Wildman–Crippen LogP) is 2.16. The standard InChI is InChI=1S/C17H21N3O4/c1-11-4-6-13(7-5-11)16-19-18-14(24-16)8-9-15(21)20(3)10-12(2)17(22)23/h4-7,12H,8-10H2,1-3H3,(H,22,23)/t12-/m1/s1. The normalized spacial score (nSPS) is 12.0. The molecule has 2 aromatic rings. The maximum absolute atomic E-state index is 12.0. The van der Waals surface area contributed by atoms with Gasteiger partial charge in [0.15, 0.2) is 0 Å². The Labute approximate surface area is 140 Å². The first kappa shape index (κ1) is 17.7. The van der Waals surface area contributed by atoms with Gasteiger partial charge in [0.05, 0.1) is 5.92 Å². The second-order valence-electron chi connectivity index (χ2n) is 5.88. The van der Waals surface area contributed by atoms with E-state index >= 15 is 0 Å². The third-order valence-corrected chi connectivity index (χ3v) is 3.71. The van der Waals surface area contributed by atoms with Crippen LogP contribution in [-0.4, -0.2) is 45.7 Å². The van der Waals surface area contributed by atoms with Gasteiger partial charge in [0.2, 0.25) is 17.7 Å². The number of rotatable bonds is 7. The molecule has 0 aliphatic heterocycles. The maximum atomic E-state index is 12.0. The van der Waals surface area contributed by atoms with Crippen molar-refractivity contribution >= 4 is 11.9 Å². The maximum Gasteiger partial charge on any atom is 0.308 e. The quantitative estimate of drug-likeness (QED) is 0.835. The fourth-order valence-corrected chi connectivity index (χ4v) is 2.16. The molecule has 1 heterocycles. The Balaban J connectivity index is 1.89. The van der Waals surface area contributed by atoms with E-state index in [0.29, 0.717) is 18.2 Å². The van der Waals surface area contributed by atoms with Crippen molar-refractivity contribution in [3.05, 3.63) is 35.7 Å². The molecule has 0 saturated carbocycles. The molecule has 0 saturated heterocycles. The summed E-state index contributed by atoms with van der Waals surface area (Å²) in [5.41, 5.74) is 1.97. The van der Waals surface area contributed by atoms with Gasteiger partial charge in [0.25, 0.3) is 0 Å². The minimum absolute atomic E-state index is 0.154. The Bertz CT molecular complexity index is 709. The molecule has 1 atom stereocenters. The van der Waals surface area contributed by atoms with Crippen LogP contribution in [-0.2, 0) is 16.0 Å². The van der Waals surface area contributed by atoms with Crippen LogP contribution in [0.15, 0.2) is 28.7 Å². The zero-order valence-electron chi connectivity index (χ0n) is 14.0. The number of aromatic nitrogens is 2. The number of carbonyl (C=O) groups is 2. The summed E-state index contributed by atoms with van der Waals surface area (Å²) in [6.45, 7) is 3.74. The summed E-state index contributed by atoms with van der Waals surface area (Å²) >= 11 is 0. The lowest BCUT2D eigenvalue weighted by atomic mass is 10.1. The SMILES string of the molecule is Cc1ccc(-c2nnc(CCC(=O)N(C)C[C@@H](C)C(=O)O)o2)cc1. The van der Waals surface area contributed by atoms with E-state index in [-0.39, 0.29) is 18.9 Å². The van der Waals surface area contributed by atoms with Gasteiger partial charge in [-0.1, -0.05) is 24.6 Å². The fraction of sp³-hybridized carbons (Fsp3) is 0.412. The lowest BCUT2D eigenvalue weighted by molar-refractivity contribution is -0.142. The van der Waals surface area contributed by atoms with E-state index in [1.165, 1.54) is 4.90 Å². The number of benzene rings is 1. The van der Waals surface area contributed by atoms with E-state index in [1.54, 1.807) is 14.0 Å². The molecule has 1 N–H and O–H groups in total. The lowest BCUT2D eigenvalue weighted by Gasteiger charge is -2.19. The van der Waals surface area contributed by atoms with Crippen molar-refractivity contribution in [1.82, 2.24) is 15.1 Å². The smallest absolute Gasteiger partial charge is 0.308 e. The summed E-state index contributed by atoms with van der Waals surface area (Å²) in [7, 11) is 1.59. The molecule has 128 valence electrons. The highest BCUT2D eigenvalue weighted by Gasteiger charge is 2.18. The molecule has 1 amide bonds. The zero-order chi connectivity index (χ0) is 17.7. The van der Waals surface area contributed by atoms with Crippen molar-refractivity contribution in [1.29, 1.82) is 0 Å². The fourth-order valence-electron chi connectivity index (χ4n) is 2.16. The minimum Gasteiger partial charge on any atom is -0.481 e. The second-order valence-corrected chi connectivity index (χ2v) is 5.88. The number of hydrogen-bond acceptors (Lipinski definition) is 5. The predicted molar refractivity (Wildman–Crippen MR) is 87.2 cm³/mol. The van der Waals surface area contributed by atoms with Crippen molar-refractivity contribution in [3.8, 4) is 11.5 Å². The van der Waals surface area contributed by atoms with Crippen LogP contribution >= 0.6 is 0 Å². The Morgan fingerprint density at radius 1 is 1.25 bits per heavy atom. The second kappa shape index (κ2) is 7.72. The zero-order valence-corrected chi connectivity index (χ0v) is 14.0. The van der Waals surface area contributed by atoms with E-state index in [9.17, 15) is 9.59 Å². The van der Waals surface area contributed by atoms with Crippen LogP contribution in [0.5, 0.6) is 0 Å². The van der Waals surface area contributed by atoms with Crippen molar-refractivity contribution in [3.63, 3.8) is 0 Å². The van der Waals surface area contributed by atoms with E-state index in [0.717, 1.165) is 11.1 Å². The number of aliphatic carboxylic acids is 1. The molecule has 0 aliphatic carbocycles. The molecule has 0 aliphatic rings. The van der Waals surface area contributed by atoms with Gasteiger partial charge in [-0.2, -0.15) is 0 Å². The lowest BCUT2D eigenvalue weighted by Crippen LogP contribution is -2.33. The Morgan fingerprint density at radius 3 is 2.54 bits per heavy atom. The number of aryl methyl sites for hydroxylation is 2. The van der Waals surface area contributed by atoms with Crippen molar-refractivity contribution in [2.45, 2.75) is 26.7 Å². The average molecular weight is 331 g/mol. The molecule has 0 radical (unpaired) electrons. The molecule has 7 heteroatoms. The third kappa shape index (κ3) is 4.65. The molecule has 7 nitrogen and oxygen atoms in total. The van der Waals surface area contributed by atoms with Gasteiger partial charge in [-0.15, -0.1) is 10.2 Å². The molecule has 1 aromatic carbocycles. The van der Waals surface area contributed by atoms with Gasteiger partial charge in [0, 0.05) is 32.0 Å². The molecule has 1 aromatic heterocycles. The number of nitrogens with zero attached hydrogens (tertiary/aromatic N) is 3. The number of carboxylic acid groups (broad SMARTS) is 1. The molecule has 2 rings (SSSR count). The van der Waals surface area contributed by atoms with Gasteiger partial charge in [-0.3, -0.25) is 9.59 Å². The van der Waals surface area contributed by atoms with Crippen LogP contribution in [0, 0.1) is 12.8 Å². The molecule has 0 unspecified atom stereocenters. The topological polar surface area (TPSA) is 96.5 Å². The summed E-state index contributed by atoms with van der Waals surface area (Å²) in [6, 6.07) is 7.72. The molecule has 0 bridgehead atoms. The average Bonchev–Trinajstić information content (AvgIpc) is 3.02.